The highest BCUT2D eigenvalue weighted by Crippen LogP contribution is 2.30. The SMILES string of the molecule is CC(CN(CCC(=O)O)C(=O)c1ccccc1-c1ccccc1C(=O)N(CCO)Cc1ccccc1)c1ccccc1. The first-order valence-corrected chi connectivity index (χ1v) is 14.1. The fraction of sp³-hybridized carbons (Fsp3) is 0.229. The average molecular weight is 565 g/mol. The van der Waals surface area contributed by atoms with Crippen LogP contribution < -0.4 is 0 Å². The molecular weight excluding hydrogens is 528 g/mol. The molecule has 0 heterocycles. The summed E-state index contributed by atoms with van der Waals surface area (Å²) in [5.74, 6) is -1.55. The standard InChI is InChI=1S/C35H36N2O5/c1-26(28-14-6-3-7-15-28)24-36(21-20-33(39)40)34(41)31-18-10-8-16-29(31)30-17-9-11-19-32(30)35(42)37(22-23-38)25-27-12-4-2-5-13-27/h2-19,26,38H,20-25H2,1H3,(H,39,40). The van der Waals surface area contributed by atoms with Crippen LogP contribution in [0.4, 0.5) is 0 Å². The Bertz CT molecular complexity index is 1490. The molecule has 0 bridgehead atoms. The number of nitrogens with zero attached hydrogens (tertiary/aromatic N) is 2. The molecule has 0 aliphatic carbocycles. The highest BCUT2D eigenvalue weighted by Gasteiger charge is 2.25. The summed E-state index contributed by atoms with van der Waals surface area (Å²) in [6.45, 7) is 2.71. The number of hydrogen-bond acceptors (Lipinski definition) is 4. The molecule has 0 aromatic heterocycles. The summed E-state index contributed by atoms with van der Waals surface area (Å²) in [7, 11) is 0. The lowest BCUT2D eigenvalue weighted by Crippen LogP contribution is -2.36. The van der Waals surface area contributed by atoms with Gasteiger partial charge in [-0.3, -0.25) is 14.4 Å². The van der Waals surface area contributed by atoms with E-state index in [1.54, 1.807) is 34.1 Å². The highest BCUT2D eigenvalue weighted by atomic mass is 16.4. The number of benzene rings is 4. The van der Waals surface area contributed by atoms with E-state index in [0.29, 0.717) is 35.3 Å². The van der Waals surface area contributed by atoms with Crippen molar-refractivity contribution in [3.8, 4) is 11.1 Å². The van der Waals surface area contributed by atoms with Crippen LogP contribution in [0.5, 0.6) is 0 Å². The van der Waals surface area contributed by atoms with E-state index in [0.717, 1.165) is 11.1 Å². The first-order chi connectivity index (χ1) is 20.4. The normalized spacial score (nSPS) is 11.5. The molecule has 0 aliphatic heterocycles. The van der Waals surface area contributed by atoms with Crippen LogP contribution in [0.3, 0.4) is 0 Å². The molecule has 4 rings (SSSR count). The second kappa shape index (κ2) is 14.8. The van der Waals surface area contributed by atoms with E-state index in [1.165, 1.54) is 0 Å². The van der Waals surface area contributed by atoms with E-state index in [4.69, 9.17) is 0 Å². The molecule has 1 atom stereocenters. The summed E-state index contributed by atoms with van der Waals surface area (Å²) in [5, 5.41) is 19.1. The molecule has 7 heteroatoms. The Morgan fingerprint density at radius 3 is 1.71 bits per heavy atom. The first-order valence-electron chi connectivity index (χ1n) is 14.1. The van der Waals surface area contributed by atoms with Gasteiger partial charge < -0.3 is 20.0 Å². The average Bonchev–Trinajstić information content (AvgIpc) is 3.03. The van der Waals surface area contributed by atoms with Crippen molar-refractivity contribution in [1.29, 1.82) is 0 Å². The van der Waals surface area contributed by atoms with Gasteiger partial charge in [-0.1, -0.05) is 104 Å². The Labute approximate surface area is 246 Å². The van der Waals surface area contributed by atoms with Gasteiger partial charge in [-0.05, 0) is 40.3 Å². The van der Waals surface area contributed by atoms with Crippen LogP contribution in [-0.2, 0) is 11.3 Å². The van der Waals surface area contributed by atoms with Crippen molar-refractivity contribution in [2.45, 2.75) is 25.8 Å². The second-order valence-electron chi connectivity index (χ2n) is 10.2. The van der Waals surface area contributed by atoms with Crippen LogP contribution in [0.25, 0.3) is 11.1 Å². The molecule has 0 spiro atoms. The van der Waals surface area contributed by atoms with Gasteiger partial charge in [0.2, 0.25) is 0 Å². The molecule has 0 fully saturated rings. The van der Waals surface area contributed by atoms with Gasteiger partial charge in [0.1, 0.15) is 0 Å². The number of aliphatic hydroxyl groups excluding tert-OH is 1. The molecule has 0 radical (unpaired) electrons. The molecule has 42 heavy (non-hydrogen) atoms. The van der Waals surface area contributed by atoms with Crippen LogP contribution in [0, 0.1) is 0 Å². The quantitative estimate of drug-likeness (QED) is 0.217. The minimum Gasteiger partial charge on any atom is -0.481 e. The Morgan fingerprint density at radius 1 is 0.667 bits per heavy atom. The van der Waals surface area contributed by atoms with Gasteiger partial charge in [0.05, 0.1) is 13.0 Å². The third-order valence-corrected chi connectivity index (χ3v) is 7.22. The van der Waals surface area contributed by atoms with Crippen molar-refractivity contribution in [3.63, 3.8) is 0 Å². The summed E-state index contributed by atoms with van der Waals surface area (Å²) in [6.07, 6.45) is -0.180. The summed E-state index contributed by atoms with van der Waals surface area (Å²) in [6, 6.07) is 33.6. The lowest BCUT2D eigenvalue weighted by molar-refractivity contribution is -0.137. The number of carbonyl (C=O) groups is 3. The number of carboxylic acid groups (broad SMARTS) is 1. The third kappa shape index (κ3) is 7.71. The lowest BCUT2D eigenvalue weighted by atomic mass is 9.93. The topological polar surface area (TPSA) is 98.2 Å². The van der Waals surface area contributed by atoms with E-state index >= 15 is 0 Å². The largest absolute Gasteiger partial charge is 0.481 e. The summed E-state index contributed by atoms with van der Waals surface area (Å²) < 4.78 is 0. The Hall–Kier alpha value is -4.75. The molecule has 0 aliphatic rings. The maximum atomic E-state index is 14.1. The van der Waals surface area contributed by atoms with Gasteiger partial charge in [-0.25, -0.2) is 0 Å². The molecule has 4 aromatic rings. The molecule has 7 nitrogen and oxygen atoms in total. The van der Waals surface area contributed by atoms with Crippen LogP contribution in [0.1, 0.15) is 51.1 Å². The molecule has 4 aromatic carbocycles. The zero-order chi connectivity index (χ0) is 29.9. The van der Waals surface area contributed by atoms with E-state index in [9.17, 15) is 24.6 Å². The zero-order valence-electron chi connectivity index (χ0n) is 23.7. The maximum absolute atomic E-state index is 14.1. The fourth-order valence-electron chi connectivity index (χ4n) is 5.05. The molecular formula is C35H36N2O5. The van der Waals surface area contributed by atoms with E-state index in [1.807, 2.05) is 91.9 Å². The van der Waals surface area contributed by atoms with Gasteiger partial charge in [0.25, 0.3) is 11.8 Å². The van der Waals surface area contributed by atoms with Crippen LogP contribution >= 0.6 is 0 Å². The number of aliphatic carboxylic acids is 1. The molecule has 216 valence electrons. The molecule has 0 saturated heterocycles. The van der Waals surface area contributed by atoms with Gasteiger partial charge in [-0.15, -0.1) is 0 Å². The molecule has 1 unspecified atom stereocenters. The summed E-state index contributed by atoms with van der Waals surface area (Å²) in [4.78, 5) is 42.6. The van der Waals surface area contributed by atoms with Gasteiger partial charge in [0.15, 0.2) is 0 Å². The van der Waals surface area contributed by atoms with Crippen LogP contribution in [-0.4, -0.2) is 64.0 Å². The maximum Gasteiger partial charge on any atom is 0.305 e. The van der Waals surface area contributed by atoms with Gasteiger partial charge in [0, 0.05) is 37.3 Å². The predicted molar refractivity (Wildman–Crippen MR) is 163 cm³/mol. The van der Waals surface area contributed by atoms with Crippen molar-refractivity contribution in [2.24, 2.45) is 0 Å². The fourth-order valence-corrected chi connectivity index (χ4v) is 5.05. The number of rotatable bonds is 13. The summed E-state index contributed by atoms with van der Waals surface area (Å²) in [5.41, 5.74) is 3.97. The Kier molecular flexibility index (Phi) is 10.6. The van der Waals surface area contributed by atoms with Crippen molar-refractivity contribution >= 4 is 17.8 Å². The second-order valence-corrected chi connectivity index (χ2v) is 10.2. The van der Waals surface area contributed by atoms with E-state index in [2.05, 4.69) is 0 Å². The monoisotopic (exact) mass is 564 g/mol. The smallest absolute Gasteiger partial charge is 0.305 e. The van der Waals surface area contributed by atoms with E-state index in [-0.39, 0.29) is 43.8 Å². The van der Waals surface area contributed by atoms with Gasteiger partial charge >= 0.3 is 5.97 Å². The van der Waals surface area contributed by atoms with E-state index < -0.39 is 5.97 Å². The number of amides is 2. The van der Waals surface area contributed by atoms with Crippen molar-refractivity contribution < 1.29 is 24.6 Å². The Morgan fingerprint density at radius 2 is 1.17 bits per heavy atom. The van der Waals surface area contributed by atoms with Crippen molar-refractivity contribution in [2.75, 3.05) is 26.2 Å². The highest BCUT2D eigenvalue weighted by molar-refractivity contribution is 6.06. The van der Waals surface area contributed by atoms with Crippen molar-refractivity contribution in [1.82, 2.24) is 9.80 Å². The number of hydrogen-bond donors (Lipinski definition) is 2. The third-order valence-electron chi connectivity index (χ3n) is 7.22. The molecule has 0 saturated carbocycles. The minimum atomic E-state index is -0.980. The zero-order valence-corrected chi connectivity index (χ0v) is 23.7. The van der Waals surface area contributed by atoms with Gasteiger partial charge in [-0.2, -0.15) is 0 Å². The molecule has 2 N–H and O–H groups in total. The predicted octanol–water partition coefficient (Wildman–Crippen LogP) is 5.71. The van der Waals surface area contributed by atoms with Crippen LogP contribution in [0.15, 0.2) is 109 Å². The first kappa shape index (κ1) is 30.2. The van der Waals surface area contributed by atoms with Crippen molar-refractivity contribution in [3.05, 3.63) is 131 Å². The van der Waals surface area contributed by atoms with Crippen LogP contribution in [0.2, 0.25) is 0 Å². The Balaban J connectivity index is 1.69. The lowest BCUT2D eigenvalue weighted by Gasteiger charge is -2.27. The summed E-state index contributed by atoms with van der Waals surface area (Å²) >= 11 is 0. The molecule has 2 amide bonds. The number of carbonyl (C=O) groups excluding carboxylic acids is 2. The minimum absolute atomic E-state index is 0.0185. The number of aliphatic hydroxyl groups is 1. The number of carboxylic acids is 1.